The predicted octanol–water partition coefficient (Wildman–Crippen LogP) is 1.57. The van der Waals surface area contributed by atoms with Crippen LogP contribution in [0.5, 0.6) is 0 Å². The molecule has 1 aliphatic rings. The lowest BCUT2D eigenvalue weighted by Crippen LogP contribution is -2.43. The van der Waals surface area contributed by atoms with Gasteiger partial charge in [-0.1, -0.05) is 0 Å². The fourth-order valence-corrected chi connectivity index (χ4v) is 2.45. The van der Waals surface area contributed by atoms with Gasteiger partial charge in [-0.3, -0.25) is 4.79 Å². The van der Waals surface area contributed by atoms with Gasteiger partial charge in [0.2, 0.25) is 0 Å². The third-order valence-corrected chi connectivity index (χ3v) is 3.52. The fraction of sp³-hybridized carbons (Fsp3) is 0.545. The van der Waals surface area contributed by atoms with Gasteiger partial charge in [0, 0.05) is 17.0 Å². The number of piperidine rings is 1. The van der Waals surface area contributed by atoms with E-state index in [1.165, 1.54) is 0 Å². The summed E-state index contributed by atoms with van der Waals surface area (Å²) in [5.41, 5.74) is 0.791. The Hall–Kier alpha value is -0.870. The Kier molecular flexibility index (Phi) is 3.38. The van der Waals surface area contributed by atoms with Crippen LogP contribution in [0.4, 0.5) is 0 Å². The highest BCUT2D eigenvalue weighted by Gasteiger charge is 2.18. The lowest BCUT2D eigenvalue weighted by atomic mass is 10.1. The molecule has 1 saturated heterocycles. The molecular formula is C11H16N2OS. The second kappa shape index (κ2) is 4.77. The van der Waals surface area contributed by atoms with Gasteiger partial charge in [-0.25, -0.2) is 0 Å². The van der Waals surface area contributed by atoms with E-state index in [2.05, 4.69) is 17.3 Å². The number of hydrogen-bond acceptors (Lipinski definition) is 3. The van der Waals surface area contributed by atoms with Crippen molar-refractivity contribution in [2.45, 2.75) is 18.9 Å². The van der Waals surface area contributed by atoms with Gasteiger partial charge in [-0.2, -0.15) is 11.3 Å². The van der Waals surface area contributed by atoms with Crippen molar-refractivity contribution in [1.29, 1.82) is 0 Å². The molecule has 0 unspecified atom stereocenters. The van der Waals surface area contributed by atoms with E-state index in [9.17, 15) is 4.79 Å². The van der Waals surface area contributed by atoms with Crippen LogP contribution in [0.25, 0.3) is 0 Å². The summed E-state index contributed by atoms with van der Waals surface area (Å²) in [6.45, 7) is 2.16. The maximum atomic E-state index is 11.7. The minimum atomic E-state index is 0.0748. The van der Waals surface area contributed by atoms with E-state index >= 15 is 0 Å². The summed E-state index contributed by atoms with van der Waals surface area (Å²) < 4.78 is 0. The van der Waals surface area contributed by atoms with Crippen LogP contribution in [0.15, 0.2) is 16.8 Å². The maximum Gasteiger partial charge on any atom is 0.252 e. The molecular weight excluding hydrogens is 208 g/mol. The molecule has 0 spiro atoms. The molecule has 0 atom stereocenters. The van der Waals surface area contributed by atoms with Gasteiger partial charge in [0.05, 0.1) is 0 Å². The molecule has 1 N–H and O–H groups in total. The Labute approximate surface area is 94.1 Å². The average Bonchev–Trinajstić information content (AvgIpc) is 2.74. The van der Waals surface area contributed by atoms with Crippen molar-refractivity contribution in [1.82, 2.24) is 10.2 Å². The molecule has 0 bridgehead atoms. The Morgan fingerprint density at radius 3 is 2.87 bits per heavy atom. The minimum Gasteiger partial charge on any atom is -0.349 e. The number of carbonyl (C=O) groups is 1. The molecule has 15 heavy (non-hydrogen) atoms. The summed E-state index contributed by atoms with van der Waals surface area (Å²) in [6.07, 6.45) is 2.12. The van der Waals surface area contributed by atoms with Crippen molar-refractivity contribution in [3.63, 3.8) is 0 Å². The Morgan fingerprint density at radius 1 is 1.53 bits per heavy atom. The lowest BCUT2D eigenvalue weighted by molar-refractivity contribution is 0.0917. The predicted molar refractivity (Wildman–Crippen MR) is 62.3 cm³/mol. The first-order chi connectivity index (χ1) is 7.25. The molecule has 1 amide bonds. The van der Waals surface area contributed by atoms with Crippen LogP contribution >= 0.6 is 11.3 Å². The van der Waals surface area contributed by atoms with Crippen molar-refractivity contribution >= 4 is 17.2 Å². The Balaban J connectivity index is 1.85. The van der Waals surface area contributed by atoms with Gasteiger partial charge in [0.1, 0.15) is 0 Å². The zero-order valence-corrected chi connectivity index (χ0v) is 9.72. The number of nitrogens with one attached hydrogen (secondary N) is 1. The normalized spacial score (nSPS) is 19.0. The van der Waals surface area contributed by atoms with E-state index < -0.39 is 0 Å². The van der Waals surface area contributed by atoms with Gasteiger partial charge >= 0.3 is 0 Å². The van der Waals surface area contributed by atoms with Crippen LogP contribution in [0.3, 0.4) is 0 Å². The second-order valence-electron chi connectivity index (χ2n) is 4.06. The summed E-state index contributed by atoms with van der Waals surface area (Å²) in [5, 5.41) is 6.91. The maximum absolute atomic E-state index is 11.7. The van der Waals surface area contributed by atoms with Gasteiger partial charge in [-0.05, 0) is 44.4 Å². The molecule has 0 aliphatic carbocycles. The van der Waals surface area contributed by atoms with Crippen molar-refractivity contribution in [3.8, 4) is 0 Å². The average molecular weight is 224 g/mol. The zero-order chi connectivity index (χ0) is 10.7. The van der Waals surface area contributed by atoms with E-state index in [0.717, 1.165) is 31.5 Å². The number of hydrogen-bond donors (Lipinski definition) is 1. The Bertz CT molecular complexity index is 315. The SMILES string of the molecule is CN1CCC(NC(=O)c2ccsc2)CC1. The molecule has 0 aromatic carbocycles. The number of amides is 1. The molecule has 2 rings (SSSR count). The molecule has 3 nitrogen and oxygen atoms in total. The van der Waals surface area contributed by atoms with Crippen LogP contribution in [0, 0.1) is 0 Å². The highest BCUT2D eigenvalue weighted by Crippen LogP contribution is 2.11. The van der Waals surface area contributed by atoms with Gasteiger partial charge in [0.25, 0.3) is 5.91 Å². The summed E-state index contributed by atoms with van der Waals surface area (Å²) in [4.78, 5) is 14.0. The monoisotopic (exact) mass is 224 g/mol. The van der Waals surface area contributed by atoms with Gasteiger partial charge in [-0.15, -0.1) is 0 Å². The fourth-order valence-electron chi connectivity index (χ4n) is 1.82. The van der Waals surface area contributed by atoms with E-state index in [1.807, 2.05) is 16.8 Å². The standard InChI is InChI=1S/C11H16N2OS/c1-13-5-2-10(3-6-13)12-11(14)9-4-7-15-8-9/h4,7-8,10H,2-3,5-6H2,1H3,(H,12,14). The van der Waals surface area contributed by atoms with E-state index in [-0.39, 0.29) is 5.91 Å². The van der Waals surface area contributed by atoms with Crippen molar-refractivity contribution < 1.29 is 4.79 Å². The molecule has 1 aromatic rings. The summed E-state index contributed by atoms with van der Waals surface area (Å²) in [5.74, 6) is 0.0748. The quantitative estimate of drug-likeness (QED) is 0.827. The van der Waals surface area contributed by atoms with Crippen LogP contribution in [-0.2, 0) is 0 Å². The zero-order valence-electron chi connectivity index (χ0n) is 8.90. The number of rotatable bonds is 2. The van der Waals surface area contributed by atoms with E-state index in [4.69, 9.17) is 0 Å². The molecule has 2 heterocycles. The molecule has 0 saturated carbocycles. The third kappa shape index (κ3) is 2.79. The summed E-state index contributed by atoms with van der Waals surface area (Å²) >= 11 is 1.56. The number of thiophene rings is 1. The van der Waals surface area contributed by atoms with E-state index in [0.29, 0.717) is 6.04 Å². The second-order valence-corrected chi connectivity index (χ2v) is 4.84. The van der Waals surface area contributed by atoms with Crippen LogP contribution < -0.4 is 5.32 Å². The molecule has 0 radical (unpaired) electrons. The van der Waals surface area contributed by atoms with Crippen molar-refractivity contribution in [2.24, 2.45) is 0 Å². The molecule has 82 valence electrons. The van der Waals surface area contributed by atoms with Crippen molar-refractivity contribution in [3.05, 3.63) is 22.4 Å². The molecule has 1 aliphatic heterocycles. The lowest BCUT2D eigenvalue weighted by Gasteiger charge is -2.29. The molecule has 1 aromatic heterocycles. The van der Waals surface area contributed by atoms with Crippen LogP contribution in [0.1, 0.15) is 23.2 Å². The first-order valence-corrected chi connectivity index (χ1v) is 6.21. The third-order valence-electron chi connectivity index (χ3n) is 2.84. The first-order valence-electron chi connectivity index (χ1n) is 5.27. The smallest absolute Gasteiger partial charge is 0.252 e. The van der Waals surface area contributed by atoms with Crippen LogP contribution in [0.2, 0.25) is 0 Å². The summed E-state index contributed by atoms with van der Waals surface area (Å²) in [6, 6.07) is 2.23. The molecule has 1 fully saturated rings. The minimum absolute atomic E-state index is 0.0748. The Morgan fingerprint density at radius 2 is 2.27 bits per heavy atom. The van der Waals surface area contributed by atoms with Gasteiger partial charge < -0.3 is 10.2 Å². The van der Waals surface area contributed by atoms with Gasteiger partial charge in [0.15, 0.2) is 0 Å². The van der Waals surface area contributed by atoms with Crippen LogP contribution in [-0.4, -0.2) is 37.0 Å². The molecule has 4 heteroatoms. The largest absolute Gasteiger partial charge is 0.349 e. The van der Waals surface area contributed by atoms with E-state index in [1.54, 1.807) is 11.3 Å². The first kappa shape index (κ1) is 10.6. The number of nitrogens with zero attached hydrogens (tertiary/aromatic N) is 1. The summed E-state index contributed by atoms with van der Waals surface area (Å²) in [7, 11) is 2.12. The number of carbonyl (C=O) groups excluding carboxylic acids is 1. The highest BCUT2D eigenvalue weighted by molar-refractivity contribution is 7.08. The topological polar surface area (TPSA) is 32.3 Å². The number of likely N-dealkylation sites (tertiary alicyclic amines) is 1. The highest BCUT2D eigenvalue weighted by atomic mass is 32.1. The van der Waals surface area contributed by atoms with Crippen molar-refractivity contribution in [2.75, 3.05) is 20.1 Å².